The average Bonchev–Trinajstić information content (AvgIpc) is 2.84. The Balaban J connectivity index is 1.75. The van der Waals surface area contributed by atoms with Gasteiger partial charge in [-0.15, -0.1) is 21.5 Å². The molecule has 1 aliphatic rings. The van der Waals surface area contributed by atoms with Gasteiger partial charge in [0, 0.05) is 32.1 Å². The third-order valence-electron chi connectivity index (χ3n) is 3.12. The molecule has 0 aliphatic carbocycles. The van der Waals surface area contributed by atoms with Crippen LogP contribution in [-0.4, -0.2) is 36.5 Å². The average molecular weight is 269 g/mol. The largest absolute Gasteiger partial charge is 0.381 e. The molecule has 2 rings (SSSR count). The highest BCUT2D eigenvalue weighted by atomic mass is 32.1. The van der Waals surface area contributed by atoms with Crippen LogP contribution in [0.1, 0.15) is 42.6 Å². The van der Waals surface area contributed by atoms with Gasteiger partial charge in [0.25, 0.3) is 0 Å². The van der Waals surface area contributed by atoms with Gasteiger partial charge in [-0.3, -0.25) is 0 Å². The van der Waals surface area contributed by atoms with Gasteiger partial charge in [-0.2, -0.15) is 0 Å². The van der Waals surface area contributed by atoms with Crippen LogP contribution in [-0.2, 0) is 11.2 Å². The first-order chi connectivity index (χ1) is 8.75. The fourth-order valence-corrected chi connectivity index (χ4v) is 3.07. The van der Waals surface area contributed by atoms with Crippen molar-refractivity contribution in [3.8, 4) is 0 Å². The van der Waals surface area contributed by atoms with E-state index in [4.69, 9.17) is 4.74 Å². The summed E-state index contributed by atoms with van der Waals surface area (Å²) in [5.41, 5.74) is 0. The summed E-state index contributed by atoms with van der Waals surface area (Å²) >= 11 is 1.78. The van der Waals surface area contributed by atoms with E-state index in [2.05, 4.69) is 29.4 Å². The summed E-state index contributed by atoms with van der Waals surface area (Å²) in [5, 5.41) is 14.4. The molecule has 0 radical (unpaired) electrons. The molecule has 1 saturated heterocycles. The first kappa shape index (κ1) is 13.9. The number of hydrogen-bond donors (Lipinski definition) is 1. The van der Waals surface area contributed by atoms with Gasteiger partial charge in [0.2, 0.25) is 0 Å². The molecule has 0 aromatic carbocycles. The summed E-state index contributed by atoms with van der Waals surface area (Å²) in [7, 11) is 0. The molecule has 1 aromatic heterocycles. The van der Waals surface area contributed by atoms with E-state index < -0.39 is 0 Å². The van der Waals surface area contributed by atoms with E-state index in [0.29, 0.717) is 11.8 Å². The minimum atomic E-state index is 0.577. The topological polar surface area (TPSA) is 47.0 Å². The first-order valence-electron chi connectivity index (χ1n) is 6.86. The highest BCUT2D eigenvalue weighted by Gasteiger charge is 2.19. The monoisotopic (exact) mass is 269 g/mol. The number of hydrogen-bond acceptors (Lipinski definition) is 5. The summed E-state index contributed by atoms with van der Waals surface area (Å²) in [6.07, 6.45) is 3.19. The quantitative estimate of drug-likeness (QED) is 0.804. The minimum Gasteiger partial charge on any atom is -0.381 e. The van der Waals surface area contributed by atoms with Crippen LogP contribution in [0.15, 0.2) is 0 Å². The Kier molecular flexibility index (Phi) is 5.53. The second kappa shape index (κ2) is 7.16. The van der Waals surface area contributed by atoms with E-state index in [1.165, 1.54) is 5.01 Å². The molecule has 18 heavy (non-hydrogen) atoms. The lowest BCUT2D eigenvalue weighted by atomic mass is 10.0. The maximum atomic E-state index is 5.38. The van der Waals surface area contributed by atoms with Crippen LogP contribution in [0.25, 0.3) is 0 Å². The van der Waals surface area contributed by atoms with Gasteiger partial charge in [0.15, 0.2) is 0 Å². The van der Waals surface area contributed by atoms with E-state index in [9.17, 15) is 0 Å². The number of ether oxygens (including phenoxy) is 1. The van der Waals surface area contributed by atoms with Gasteiger partial charge in [-0.1, -0.05) is 13.8 Å². The lowest BCUT2D eigenvalue weighted by Crippen LogP contribution is -2.22. The zero-order valence-corrected chi connectivity index (χ0v) is 12.1. The van der Waals surface area contributed by atoms with Crippen molar-refractivity contribution >= 4 is 11.3 Å². The summed E-state index contributed by atoms with van der Waals surface area (Å²) in [6.45, 7) is 8.26. The molecule has 1 aliphatic heterocycles. The van der Waals surface area contributed by atoms with Crippen LogP contribution in [0.3, 0.4) is 0 Å². The molecule has 1 fully saturated rings. The molecule has 0 spiro atoms. The molecular formula is C13H23N3OS. The fourth-order valence-electron chi connectivity index (χ4n) is 2.06. The van der Waals surface area contributed by atoms with E-state index in [1.807, 2.05) is 0 Å². The summed E-state index contributed by atoms with van der Waals surface area (Å²) in [6, 6.07) is 0. The van der Waals surface area contributed by atoms with Crippen molar-refractivity contribution in [2.24, 2.45) is 5.92 Å². The maximum absolute atomic E-state index is 5.38. The zero-order valence-electron chi connectivity index (χ0n) is 11.3. The molecule has 0 saturated carbocycles. The smallest absolute Gasteiger partial charge is 0.120 e. The molecule has 4 nitrogen and oxygen atoms in total. The normalized spacial score (nSPS) is 17.5. The van der Waals surface area contributed by atoms with Crippen LogP contribution < -0.4 is 5.32 Å². The van der Waals surface area contributed by atoms with Gasteiger partial charge in [0.1, 0.15) is 10.0 Å². The number of nitrogens with zero attached hydrogens (tertiary/aromatic N) is 2. The number of rotatable bonds is 6. The van der Waals surface area contributed by atoms with Gasteiger partial charge >= 0.3 is 0 Å². The van der Waals surface area contributed by atoms with Crippen molar-refractivity contribution in [2.75, 3.05) is 26.3 Å². The second-order valence-corrected chi connectivity index (χ2v) is 6.36. The van der Waals surface area contributed by atoms with Crippen LogP contribution in [0, 0.1) is 5.92 Å². The Morgan fingerprint density at radius 1 is 1.33 bits per heavy atom. The SMILES string of the molecule is CC(C)CNCCc1nnc(C2CCOCC2)s1. The molecular weight excluding hydrogens is 246 g/mol. The van der Waals surface area contributed by atoms with Crippen molar-refractivity contribution in [2.45, 2.75) is 39.0 Å². The Morgan fingerprint density at radius 2 is 2.11 bits per heavy atom. The Bertz CT molecular complexity index is 348. The lowest BCUT2D eigenvalue weighted by molar-refractivity contribution is 0.0851. The lowest BCUT2D eigenvalue weighted by Gasteiger charge is -2.19. The van der Waals surface area contributed by atoms with Crippen molar-refractivity contribution in [3.63, 3.8) is 0 Å². The molecule has 1 aromatic rings. The zero-order chi connectivity index (χ0) is 12.8. The van der Waals surface area contributed by atoms with E-state index in [1.54, 1.807) is 11.3 Å². The van der Waals surface area contributed by atoms with Crippen molar-refractivity contribution in [3.05, 3.63) is 10.0 Å². The first-order valence-corrected chi connectivity index (χ1v) is 7.68. The molecule has 2 heterocycles. The Morgan fingerprint density at radius 3 is 2.83 bits per heavy atom. The van der Waals surface area contributed by atoms with Crippen LogP contribution in [0.5, 0.6) is 0 Å². The Labute approximate surface area is 113 Å². The van der Waals surface area contributed by atoms with E-state index in [0.717, 1.165) is 50.6 Å². The number of aromatic nitrogens is 2. The predicted molar refractivity (Wildman–Crippen MR) is 74.1 cm³/mol. The van der Waals surface area contributed by atoms with E-state index >= 15 is 0 Å². The third kappa shape index (κ3) is 4.30. The van der Waals surface area contributed by atoms with Crippen molar-refractivity contribution in [1.29, 1.82) is 0 Å². The summed E-state index contributed by atoms with van der Waals surface area (Å²) in [5.74, 6) is 1.28. The van der Waals surface area contributed by atoms with Crippen molar-refractivity contribution < 1.29 is 4.74 Å². The molecule has 0 unspecified atom stereocenters. The number of nitrogens with one attached hydrogen (secondary N) is 1. The minimum absolute atomic E-state index is 0.577. The Hall–Kier alpha value is -0.520. The summed E-state index contributed by atoms with van der Waals surface area (Å²) in [4.78, 5) is 0. The molecule has 1 N–H and O–H groups in total. The highest BCUT2D eigenvalue weighted by Crippen LogP contribution is 2.29. The second-order valence-electron chi connectivity index (χ2n) is 5.27. The summed E-state index contributed by atoms with van der Waals surface area (Å²) < 4.78 is 5.38. The van der Waals surface area contributed by atoms with Crippen LogP contribution in [0.4, 0.5) is 0 Å². The van der Waals surface area contributed by atoms with Crippen LogP contribution in [0.2, 0.25) is 0 Å². The van der Waals surface area contributed by atoms with Crippen LogP contribution >= 0.6 is 11.3 Å². The molecule has 0 amide bonds. The van der Waals surface area contributed by atoms with E-state index in [-0.39, 0.29) is 0 Å². The standard InChI is InChI=1S/C13H23N3OS/c1-10(2)9-14-6-3-12-15-16-13(18-12)11-4-7-17-8-5-11/h10-11,14H,3-9H2,1-2H3. The van der Waals surface area contributed by atoms with Gasteiger partial charge in [-0.05, 0) is 25.3 Å². The van der Waals surface area contributed by atoms with Gasteiger partial charge < -0.3 is 10.1 Å². The molecule has 5 heteroatoms. The van der Waals surface area contributed by atoms with Crippen molar-refractivity contribution in [1.82, 2.24) is 15.5 Å². The highest BCUT2D eigenvalue weighted by molar-refractivity contribution is 7.11. The van der Waals surface area contributed by atoms with Gasteiger partial charge in [-0.25, -0.2) is 0 Å². The molecule has 102 valence electrons. The predicted octanol–water partition coefficient (Wildman–Crippen LogP) is 2.22. The maximum Gasteiger partial charge on any atom is 0.120 e. The third-order valence-corrected chi connectivity index (χ3v) is 4.27. The van der Waals surface area contributed by atoms with Gasteiger partial charge in [0.05, 0.1) is 0 Å². The molecule has 0 atom stereocenters. The molecule has 0 bridgehead atoms. The fraction of sp³-hybridized carbons (Fsp3) is 0.846.